The Balaban J connectivity index is 1.29. The van der Waals surface area contributed by atoms with E-state index in [1.165, 1.54) is 12.1 Å². The van der Waals surface area contributed by atoms with Gasteiger partial charge in [-0.3, -0.25) is 4.72 Å². The fourth-order valence-electron chi connectivity index (χ4n) is 6.66. The quantitative estimate of drug-likeness (QED) is 0.0514. The second-order valence-electron chi connectivity index (χ2n) is 14.3. The van der Waals surface area contributed by atoms with Gasteiger partial charge >= 0.3 is 18.2 Å². The lowest BCUT2D eigenvalue weighted by Gasteiger charge is -2.39. The second-order valence-corrected chi connectivity index (χ2v) is 15.9. The Morgan fingerprint density at radius 1 is 0.887 bits per heavy atom. The molecule has 2 atom stereocenters. The second kappa shape index (κ2) is 25.4. The molecule has 0 saturated carbocycles. The average Bonchev–Trinajstić information content (AvgIpc) is 3.24. The van der Waals surface area contributed by atoms with Crippen molar-refractivity contribution in [2.75, 3.05) is 84.4 Å². The molecule has 4 rings (SSSR count). The molecule has 3 aromatic rings. The maximum Gasteiger partial charge on any atom is 0.417 e. The zero-order valence-corrected chi connectivity index (χ0v) is 35.8. The molecule has 0 radical (unpaired) electrons. The Morgan fingerprint density at radius 3 is 2.11 bits per heavy atom. The SMILES string of the molecule is CC[C@@H](C1=C(O)C[C@@](CCCNC(=O)OCCOCCOCCOCCOCCOC)(CCc2ccccc2)OC1=O)c1cccc(NS(=O)(=O)c2ccc(C(F)(F)F)cn2)c1. The third-order valence-corrected chi connectivity index (χ3v) is 11.1. The molecule has 1 aliphatic heterocycles. The summed E-state index contributed by atoms with van der Waals surface area (Å²) in [7, 11) is -2.77. The van der Waals surface area contributed by atoms with Gasteiger partial charge in [0.1, 0.15) is 18.0 Å². The summed E-state index contributed by atoms with van der Waals surface area (Å²) in [6.07, 6.45) is -2.91. The van der Waals surface area contributed by atoms with Gasteiger partial charge in [-0.05, 0) is 67.5 Å². The monoisotopic (exact) mass is 895 g/mol. The highest BCUT2D eigenvalue weighted by molar-refractivity contribution is 7.92. The van der Waals surface area contributed by atoms with Crippen molar-refractivity contribution in [1.29, 1.82) is 0 Å². The number of alkyl halides is 3. The number of esters is 1. The largest absolute Gasteiger partial charge is 0.512 e. The van der Waals surface area contributed by atoms with Crippen LogP contribution in [0.3, 0.4) is 0 Å². The minimum Gasteiger partial charge on any atom is -0.512 e. The number of pyridine rings is 1. The van der Waals surface area contributed by atoms with Gasteiger partial charge in [-0.25, -0.2) is 14.6 Å². The number of halogens is 3. The number of carbonyl (C=O) groups is 2. The number of hydrogen-bond donors (Lipinski definition) is 3. The summed E-state index contributed by atoms with van der Waals surface area (Å²) in [4.78, 5) is 29.8. The Hall–Kier alpha value is -4.79. The summed E-state index contributed by atoms with van der Waals surface area (Å²) in [5.74, 6) is -1.58. The molecule has 1 amide bonds. The first-order valence-electron chi connectivity index (χ1n) is 20.3. The van der Waals surface area contributed by atoms with E-state index in [-0.39, 0.29) is 43.2 Å². The molecule has 19 heteroatoms. The minimum absolute atomic E-state index is 0.00607. The maximum atomic E-state index is 13.9. The van der Waals surface area contributed by atoms with E-state index in [1.54, 1.807) is 26.2 Å². The fraction of sp³-hybridized carbons (Fsp3) is 0.512. The molecule has 2 heterocycles. The number of cyclic esters (lactones) is 1. The molecule has 15 nitrogen and oxygen atoms in total. The number of benzene rings is 2. The summed E-state index contributed by atoms with van der Waals surface area (Å²) in [6.45, 7) is 5.72. The van der Waals surface area contributed by atoms with Crippen molar-refractivity contribution < 1.29 is 69.4 Å². The first kappa shape index (κ1) is 49.9. The van der Waals surface area contributed by atoms with Crippen LogP contribution >= 0.6 is 0 Å². The number of anilines is 1. The van der Waals surface area contributed by atoms with E-state index in [0.29, 0.717) is 103 Å². The number of methoxy groups -OCH3 is 1. The minimum atomic E-state index is -4.69. The lowest BCUT2D eigenvalue weighted by atomic mass is 9.80. The van der Waals surface area contributed by atoms with Gasteiger partial charge in [-0.15, -0.1) is 0 Å². The van der Waals surface area contributed by atoms with Crippen molar-refractivity contribution >= 4 is 27.8 Å². The van der Waals surface area contributed by atoms with Crippen LogP contribution in [0.25, 0.3) is 0 Å². The van der Waals surface area contributed by atoms with E-state index < -0.39 is 50.4 Å². The molecule has 0 spiro atoms. The summed E-state index contributed by atoms with van der Waals surface area (Å²) < 4.78 is 105. The Kier molecular flexibility index (Phi) is 20.4. The third-order valence-electron chi connectivity index (χ3n) is 9.77. The number of hydrogen-bond acceptors (Lipinski definition) is 13. The number of sulfonamides is 1. The van der Waals surface area contributed by atoms with Crippen molar-refractivity contribution in [3.8, 4) is 0 Å². The number of ether oxygens (including phenoxy) is 7. The van der Waals surface area contributed by atoms with Crippen LogP contribution < -0.4 is 10.0 Å². The van der Waals surface area contributed by atoms with E-state index in [1.807, 2.05) is 30.3 Å². The molecule has 0 saturated heterocycles. The van der Waals surface area contributed by atoms with Crippen LogP contribution in [0, 0.1) is 0 Å². The number of aliphatic hydroxyl groups excluding tert-OH is 1. The number of alkyl carbamates (subject to hydrolysis) is 1. The van der Waals surface area contributed by atoms with Gasteiger partial charge in [0.25, 0.3) is 10.0 Å². The van der Waals surface area contributed by atoms with Crippen LogP contribution in [0.2, 0.25) is 0 Å². The highest BCUT2D eigenvalue weighted by Gasteiger charge is 2.43. The molecular weight excluding hydrogens is 840 g/mol. The third kappa shape index (κ3) is 16.5. The topological polar surface area (TPSA) is 190 Å². The predicted molar refractivity (Wildman–Crippen MR) is 221 cm³/mol. The van der Waals surface area contributed by atoms with Crippen LogP contribution in [0.4, 0.5) is 23.7 Å². The van der Waals surface area contributed by atoms with Crippen molar-refractivity contribution in [2.24, 2.45) is 0 Å². The Labute approximate surface area is 360 Å². The van der Waals surface area contributed by atoms with Crippen LogP contribution in [0.5, 0.6) is 0 Å². The zero-order chi connectivity index (χ0) is 44.9. The number of amides is 1. The summed E-state index contributed by atoms with van der Waals surface area (Å²) in [6, 6.07) is 17.1. The number of aromatic nitrogens is 1. The molecule has 0 aliphatic carbocycles. The maximum absolute atomic E-state index is 13.9. The molecule has 2 aromatic carbocycles. The Morgan fingerprint density at radius 2 is 1.53 bits per heavy atom. The number of rotatable bonds is 28. The predicted octanol–water partition coefficient (Wildman–Crippen LogP) is 6.74. The van der Waals surface area contributed by atoms with Crippen molar-refractivity contribution in [3.63, 3.8) is 0 Å². The molecule has 1 aromatic heterocycles. The van der Waals surface area contributed by atoms with Gasteiger partial charge < -0.3 is 43.6 Å². The van der Waals surface area contributed by atoms with Gasteiger partial charge in [0.15, 0.2) is 5.03 Å². The number of aliphatic hydroxyl groups is 1. The van der Waals surface area contributed by atoms with Crippen molar-refractivity contribution in [1.82, 2.24) is 10.3 Å². The highest BCUT2D eigenvalue weighted by Crippen LogP contribution is 2.42. The van der Waals surface area contributed by atoms with Gasteiger partial charge in [-0.1, -0.05) is 49.4 Å². The van der Waals surface area contributed by atoms with E-state index in [4.69, 9.17) is 33.2 Å². The smallest absolute Gasteiger partial charge is 0.417 e. The van der Waals surface area contributed by atoms with Crippen LogP contribution in [0.1, 0.15) is 61.6 Å². The van der Waals surface area contributed by atoms with Gasteiger partial charge in [0.2, 0.25) is 0 Å². The summed E-state index contributed by atoms with van der Waals surface area (Å²) >= 11 is 0. The van der Waals surface area contributed by atoms with Gasteiger partial charge in [0.05, 0.1) is 70.6 Å². The van der Waals surface area contributed by atoms with E-state index in [2.05, 4.69) is 15.0 Å². The number of aryl methyl sites for hydroxylation is 1. The molecule has 0 fully saturated rings. The molecular formula is C43H56F3N3O12S. The number of nitrogens with zero attached hydrogens (tertiary/aromatic N) is 1. The van der Waals surface area contributed by atoms with Crippen LogP contribution in [0.15, 0.2) is 89.3 Å². The van der Waals surface area contributed by atoms with Crippen molar-refractivity contribution in [3.05, 3.63) is 101 Å². The first-order valence-corrected chi connectivity index (χ1v) is 21.8. The number of carbonyl (C=O) groups excluding carboxylic acids is 2. The summed E-state index contributed by atoms with van der Waals surface area (Å²) in [5, 5.41) is 13.7. The van der Waals surface area contributed by atoms with E-state index >= 15 is 0 Å². The molecule has 3 N–H and O–H groups in total. The average molecular weight is 896 g/mol. The normalized spacial score (nSPS) is 16.2. The fourth-order valence-corrected chi connectivity index (χ4v) is 7.64. The molecule has 0 unspecified atom stereocenters. The van der Waals surface area contributed by atoms with Gasteiger partial charge in [0, 0.05) is 37.9 Å². The lowest BCUT2D eigenvalue weighted by molar-refractivity contribution is -0.161. The molecule has 1 aliphatic rings. The van der Waals surface area contributed by atoms with Crippen LogP contribution in [-0.2, 0) is 60.6 Å². The van der Waals surface area contributed by atoms with Crippen molar-refractivity contribution in [2.45, 2.75) is 68.2 Å². The Bertz CT molecular complexity index is 1970. The standard InChI is InChI=1S/C43H56F3N3O12S/c1-3-36(33-11-7-12-35(29-33)49-62(53,54)38-14-13-34(31-48-38)43(44,45)46)39-37(50)30-42(61-40(39)51,17-15-32-9-5-4-6-10-32)16-8-18-47-41(52)60-28-27-59-26-25-58-24-23-57-22-21-56-20-19-55-2/h4-7,9-14,29,31,36,49-50H,3,8,15-28,30H2,1-2H3,(H,47,52)/t36-,42-/m1/s1. The summed E-state index contributed by atoms with van der Waals surface area (Å²) in [5.41, 5.74) is -0.591. The lowest BCUT2D eigenvalue weighted by Crippen LogP contribution is -2.42. The van der Waals surface area contributed by atoms with E-state index in [0.717, 1.165) is 11.6 Å². The first-order chi connectivity index (χ1) is 29.8. The van der Waals surface area contributed by atoms with Crippen LogP contribution in [-0.4, -0.2) is 116 Å². The number of nitrogens with one attached hydrogen (secondary N) is 2. The zero-order valence-electron chi connectivity index (χ0n) is 35.0. The molecule has 342 valence electrons. The van der Waals surface area contributed by atoms with Gasteiger partial charge in [-0.2, -0.15) is 21.6 Å². The molecule has 0 bridgehead atoms. The van der Waals surface area contributed by atoms with E-state index in [9.17, 15) is 36.3 Å². The highest BCUT2D eigenvalue weighted by atomic mass is 32.2. The molecule has 62 heavy (non-hydrogen) atoms.